The first-order valence-corrected chi connectivity index (χ1v) is 8.59. The summed E-state index contributed by atoms with van der Waals surface area (Å²) in [6, 6.07) is 7.22. The van der Waals surface area contributed by atoms with Crippen molar-refractivity contribution in [3.63, 3.8) is 0 Å². The number of hydrogen-bond donors (Lipinski definition) is 5. The fourth-order valence-corrected chi connectivity index (χ4v) is 2.76. The summed E-state index contributed by atoms with van der Waals surface area (Å²) in [6.07, 6.45) is 4.60. The van der Waals surface area contributed by atoms with Crippen molar-refractivity contribution in [1.29, 1.82) is 0 Å². The van der Waals surface area contributed by atoms with Crippen LogP contribution in [0.5, 0.6) is 0 Å². The molecule has 1 aromatic heterocycles. The molecule has 1 amide bonds. The van der Waals surface area contributed by atoms with E-state index in [1.807, 2.05) is 24.4 Å². The number of carboxylic acid groups (broad SMARTS) is 1. The number of para-hydroxylation sites is 1. The first-order valence-electron chi connectivity index (χ1n) is 8.59. The van der Waals surface area contributed by atoms with E-state index in [9.17, 15) is 9.59 Å². The lowest BCUT2D eigenvalue weighted by Gasteiger charge is -2.14. The molecule has 0 spiro atoms. The maximum absolute atomic E-state index is 11.9. The molecule has 0 bridgehead atoms. The zero-order valence-corrected chi connectivity index (χ0v) is 14.3. The van der Waals surface area contributed by atoms with Gasteiger partial charge in [-0.3, -0.25) is 4.79 Å². The normalized spacial score (nSPS) is 12.2. The van der Waals surface area contributed by atoms with Crippen LogP contribution in [0.25, 0.3) is 10.9 Å². The number of nitrogens with two attached hydrogens (primary N) is 1. The molecule has 7 nitrogen and oxygen atoms in total. The minimum absolute atomic E-state index is 0.100. The Morgan fingerprint density at radius 2 is 2.04 bits per heavy atom. The molecule has 0 saturated carbocycles. The topological polar surface area (TPSA) is 120 Å². The lowest BCUT2D eigenvalue weighted by molar-refractivity contribution is -0.141. The van der Waals surface area contributed by atoms with Crippen LogP contribution in [0.1, 0.15) is 24.8 Å². The number of rotatable bonds is 11. The third-order valence-corrected chi connectivity index (χ3v) is 4.11. The molecule has 1 atom stereocenters. The second kappa shape index (κ2) is 9.80. The Hall–Kier alpha value is -2.38. The molecule has 136 valence electrons. The molecule has 0 aliphatic rings. The molecule has 6 N–H and O–H groups in total. The molecule has 2 aromatic rings. The van der Waals surface area contributed by atoms with Crippen LogP contribution >= 0.6 is 0 Å². The molecule has 0 radical (unpaired) electrons. The maximum atomic E-state index is 11.9. The van der Waals surface area contributed by atoms with Crippen LogP contribution in [0, 0.1) is 0 Å². The van der Waals surface area contributed by atoms with Crippen molar-refractivity contribution in [1.82, 2.24) is 15.6 Å². The van der Waals surface area contributed by atoms with Crippen LogP contribution in [0.2, 0.25) is 0 Å². The monoisotopic (exact) mass is 346 g/mol. The molecule has 2 rings (SSSR count). The first-order chi connectivity index (χ1) is 12.1. The van der Waals surface area contributed by atoms with Crippen molar-refractivity contribution in [2.24, 2.45) is 5.73 Å². The van der Waals surface area contributed by atoms with Gasteiger partial charge in [0, 0.05) is 17.1 Å². The number of carbonyl (C=O) groups excluding carboxylic acids is 1. The summed E-state index contributed by atoms with van der Waals surface area (Å²) >= 11 is 0. The molecule has 25 heavy (non-hydrogen) atoms. The Kier molecular flexibility index (Phi) is 7.43. The number of hydrogen-bond acceptors (Lipinski definition) is 4. The quantitative estimate of drug-likeness (QED) is 0.389. The number of carbonyl (C=O) groups is 2. The highest BCUT2D eigenvalue weighted by atomic mass is 16.4. The number of aromatic nitrogens is 1. The van der Waals surface area contributed by atoms with Gasteiger partial charge in [-0.25, -0.2) is 4.79 Å². The van der Waals surface area contributed by atoms with Crippen molar-refractivity contribution < 1.29 is 14.7 Å². The predicted octanol–water partition coefficient (Wildman–Crippen LogP) is 0.998. The van der Waals surface area contributed by atoms with Gasteiger partial charge in [0.15, 0.2) is 0 Å². The molecule has 0 saturated heterocycles. The molecule has 0 fully saturated rings. The lowest BCUT2D eigenvalue weighted by Crippen LogP contribution is -2.44. The number of unbranched alkanes of at least 4 members (excludes halogenated alkanes) is 1. The minimum atomic E-state index is -1.01. The van der Waals surface area contributed by atoms with E-state index in [2.05, 4.69) is 21.7 Å². The van der Waals surface area contributed by atoms with E-state index in [1.165, 1.54) is 10.9 Å². The predicted molar refractivity (Wildman–Crippen MR) is 97.3 cm³/mol. The fourth-order valence-electron chi connectivity index (χ4n) is 2.76. The van der Waals surface area contributed by atoms with Gasteiger partial charge >= 0.3 is 5.97 Å². The SMILES string of the molecule is NCCCC[C@H](NC(=O)CNCCc1c[nH]c2ccccc12)C(=O)O. The van der Waals surface area contributed by atoms with Gasteiger partial charge in [-0.05, 0) is 50.4 Å². The molecular formula is C18H26N4O3. The highest BCUT2D eigenvalue weighted by Crippen LogP contribution is 2.17. The number of benzene rings is 1. The van der Waals surface area contributed by atoms with Crippen LogP contribution in [0.3, 0.4) is 0 Å². The van der Waals surface area contributed by atoms with Crippen molar-refractivity contribution >= 4 is 22.8 Å². The number of H-pyrrole nitrogens is 1. The van der Waals surface area contributed by atoms with Crippen LogP contribution in [0.4, 0.5) is 0 Å². The summed E-state index contributed by atoms with van der Waals surface area (Å²) in [6.45, 7) is 1.26. The average Bonchev–Trinajstić information content (AvgIpc) is 3.01. The number of carboxylic acids is 1. The van der Waals surface area contributed by atoms with Crippen molar-refractivity contribution in [3.8, 4) is 0 Å². The van der Waals surface area contributed by atoms with Crippen LogP contribution < -0.4 is 16.4 Å². The number of fused-ring (bicyclic) bond motifs is 1. The lowest BCUT2D eigenvalue weighted by atomic mass is 10.1. The van der Waals surface area contributed by atoms with Gasteiger partial charge < -0.3 is 26.5 Å². The molecule has 0 aliphatic carbocycles. The number of aliphatic carboxylic acids is 1. The van der Waals surface area contributed by atoms with Gasteiger partial charge in [-0.1, -0.05) is 18.2 Å². The van der Waals surface area contributed by atoms with E-state index < -0.39 is 12.0 Å². The Morgan fingerprint density at radius 1 is 1.24 bits per heavy atom. The Morgan fingerprint density at radius 3 is 2.80 bits per heavy atom. The third kappa shape index (κ3) is 5.88. The molecule has 0 aliphatic heterocycles. The van der Waals surface area contributed by atoms with Crippen LogP contribution in [-0.4, -0.2) is 47.6 Å². The van der Waals surface area contributed by atoms with E-state index in [1.54, 1.807) is 0 Å². The number of nitrogens with one attached hydrogen (secondary N) is 3. The van der Waals surface area contributed by atoms with Crippen LogP contribution in [-0.2, 0) is 16.0 Å². The Bertz CT molecular complexity index is 698. The first kappa shape index (κ1) is 19.0. The largest absolute Gasteiger partial charge is 0.480 e. The molecule has 7 heteroatoms. The molecular weight excluding hydrogens is 320 g/mol. The highest BCUT2D eigenvalue weighted by molar-refractivity contribution is 5.85. The second-order valence-electron chi connectivity index (χ2n) is 6.03. The van der Waals surface area contributed by atoms with Crippen molar-refractivity contribution in [2.75, 3.05) is 19.6 Å². The Balaban J connectivity index is 1.71. The van der Waals surface area contributed by atoms with Crippen LogP contribution in [0.15, 0.2) is 30.5 Å². The van der Waals surface area contributed by atoms with E-state index in [-0.39, 0.29) is 12.5 Å². The summed E-state index contributed by atoms with van der Waals surface area (Å²) in [7, 11) is 0. The zero-order valence-electron chi connectivity index (χ0n) is 14.3. The fraction of sp³-hybridized carbons (Fsp3) is 0.444. The molecule has 0 unspecified atom stereocenters. The van der Waals surface area contributed by atoms with Gasteiger partial charge in [-0.15, -0.1) is 0 Å². The van der Waals surface area contributed by atoms with Gasteiger partial charge in [0.1, 0.15) is 6.04 Å². The van der Waals surface area contributed by atoms with Gasteiger partial charge in [0.25, 0.3) is 0 Å². The number of amides is 1. The van der Waals surface area contributed by atoms with Gasteiger partial charge in [-0.2, -0.15) is 0 Å². The highest BCUT2D eigenvalue weighted by Gasteiger charge is 2.18. The zero-order chi connectivity index (χ0) is 18.1. The molecule has 1 aromatic carbocycles. The van der Waals surface area contributed by atoms with E-state index in [0.717, 1.165) is 18.4 Å². The van der Waals surface area contributed by atoms with E-state index in [4.69, 9.17) is 10.8 Å². The smallest absolute Gasteiger partial charge is 0.326 e. The van der Waals surface area contributed by atoms with Gasteiger partial charge in [0.05, 0.1) is 6.54 Å². The summed E-state index contributed by atoms with van der Waals surface area (Å²) in [4.78, 5) is 26.3. The second-order valence-corrected chi connectivity index (χ2v) is 6.03. The standard InChI is InChI=1S/C18H26N4O3/c19-9-4-3-7-16(18(24)25)22-17(23)12-20-10-8-13-11-21-15-6-2-1-5-14(13)15/h1-2,5-6,11,16,20-21H,3-4,7-10,12,19H2,(H,22,23)(H,24,25)/t16-/m0/s1. The third-order valence-electron chi connectivity index (χ3n) is 4.11. The summed E-state index contributed by atoms with van der Waals surface area (Å²) in [5.41, 5.74) is 7.68. The summed E-state index contributed by atoms with van der Waals surface area (Å²) in [5.74, 6) is -1.32. The minimum Gasteiger partial charge on any atom is -0.480 e. The van der Waals surface area contributed by atoms with E-state index in [0.29, 0.717) is 25.9 Å². The summed E-state index contributed by atoms with van der Waals surface area (Å²) < 4.78 is 0. The maximum Gasteiger partial charge on any atom is 0.326 e. The molecule has 1 heterocycles. The number of aromatic amines is 1. The summed E-state index contributed by atoms with van der Waals surface area (Å²) in [5, 5.41) is 15.9. The van der Waals surface area contributed by atoms with E-state index >= 15 is 0 Å². The average molecular weight is 346 g/mol. The van der Waals surface area contributed by atoms with Crippen molar-refractivity contribution in [2.45, 2.75) is 31.7 Å². The Labute approximate surface area is 147 Å². The van der Waals surface area contributed by atoms with Gasteiger partial charge in [0.2, 0.25) is 5.91 Å². The van der Waals surface area contributed by atoms with Crippen molar-refractivity contribution in [3.05, 3.63) is 36.0 Å².